The summed E-state index contributed by atoms with van der Waals surface area (Å²) in [6.07, 6.45) is 1.74. The summed E-state index contributed by atoms with van der Waals surface area (Å²) >= 11 is 5.75. The number of rotatable bonds is 6. The van der Waals surface area contributed by atoms with Crippen LogP contribution in [0.3, 0.4) is 0 Å². The molecule has 1 aromatic heterocycles. The number of sulfonamides is 1. The van der Waals surface area contributed by atoms with Crippen molar-refractivity contribution < 1.29 is 13.2 Å². The van der Waals surface area contributed by atoms with E-state index in [1.807, 2.05) is 12.1 Å². The van der Waals surface area contributed by atoms with Gasteiger partial charge in [-0.3, -0.25) is 4.79 Å². The Morgan fingerprint density at radius 1 is 1.29 bits per heavy atom. The van der Waals surface area contributed by atoms with Gasteiger partial charge in [0.15, 0.2) is 0 Å². The molecule has 0 saturated heterocycles. The van der Waals surface area contributed by atoms with Crippen molar-refractivity contribution in [2.45, 2.75) is 11.8 Å². The Kier molecular flexibility index (Phi) is 5.76. The van der Waals surface area contributed by atoms with Gasteiger partial charge in [-0.2, -0.15) is 9.41 Å². The lowest BCUT2D eigenvalue weighted by atomic mass is 10.3. The average Bonchev–Trinajstić information content (AvgIpc) is 3.07. The van der Waals surface area contributed by atoms with Gasteiger partial charge in [0.25, 0.3) is 5.91 Å². The molecule has 2 N–H and O–H groups in total. The Labute approximate surface area is 145 Å². The third-order valence-corrected chi connectivity index (χ3v) is 5.29. The number of H-pyrrole nitrogens is 1. The lowest BCUT2D eigenvalue weighted by Crippen LogP contribution is -2.36. The lowest BCUT2D eigenvalue weighted by molar-refractivity contribution is -0.121. The summed E-state index contributed by atoms with van der Waals surface area (Å²) in [6.45, 7) is 1.37. The number of amides is 1. The number of carbonyl (C=O) groups is 1. The van der Waals surface area contributed by atoms with Crippen molar-refractivity contribution in [3.05, 3.63) is 53.3 Å². The second kappa shape index (κ2) is 7.61. The number of aromatic nitrogens is 1. The van der Waals surface area contributed by atoms with E-state index in [2.05, 4.69) is 15.5 Å². The normalized spacial score (nSPS) is 12.4. The van der Waals surface area contributed by atoms with Gasteiger partial charge < -0.3 is 4.98 Å². The molecule has 128 valence electrons. The predicted octanol–water partition coefficient (Wildman–Crippen LogP) is 1.83. The molecule has 0 spiro atoms. The monoisotopic (exact) mass is 368 g/mol. The molecule has 7 nitrogen and oxygen atoms in total. The van der Waals surface area contributed by atoms with Crippen LogP contribution >= 0.6 is 11.6 Å². The van der Waals surface area contributed by atoms with Crippen LogP contribution in [0.4, 0.5) is 0 Å². The van der Waals surface area contributed by atoms with Crippen LogP contribution in [0.1, 0.15) is 12.6 Å². The maximum atomic E-state index is 12.4. The maximum Gasteiger partial charge on any atom is 0.255 e. The molecule has 0 saturated carbocycles. The zero-order valence-corrected chi connectivity index (χ0v) is 14.7. The first-order valence-corrected chi connectivity index (χ1v) is 8.81. The smallest absolute Gasteiger partial charge is 0.255 e. The molecule has 0 bridgehead atoms. The highest BCUT2D eigenvalue weighted by Gasteiger charge is 2.22. The van der Waals surface area contributed by atoms with Crippen molar-refractivity contribution in [3.63, 3.8) is 0 Å². The summed E-state index contributed by atoms with van der Waals surface area (Å²) in [6, 6.07) is 9.35. The summed E-state index contributed by atoms with van der Waals surface area (Å²) in [7, 11) is -2.45. The van der Waals surface area contributed by atoms with Crippen molar-refractivity contribution in [2.75, 3.05) is 13.6 Å². The van der Waals surface area contributed by atoms with Gasteiger partial charge in [-0.15, -0.1) is 0 Å². The standard InChI is InChI=1S/C15H17ClN4O3S/c1-11(14-4-3-9-17-14)18-19-15(21)10-20(2)24(22,23)13-7-5-12(16)6-8-13/h3-9,17H,10H2,1-2H3,(H,19,21)/b18-11+. The zero-order chi connectivity index (χ0) is 17.7. The number of nitrogens with zero attached hydrogens (tertiary/aromatic N) is 2. The predicted molar refractivity (Wildman–Crippen MR) is 92.4 cm³/mol. The molecular formula is C15H17ClN4O3S. The molecule has 0 aliphatic heterocycles. The van der Waals surface area contributed by atoms with Gasteiger partial charge in [0.1, 0.15) is 0 Å². The van der Waals surface area contributed by atoms with Crippen LogP contribution in [0.5, 0.6) is 0 Å². The molecule has 0 fully saturated rings. The first-order chi connectivity index (χ1) is 11.3. The first kappa shape index (κ1) is 18.2. The fourth-order valence-electron chi connectivity index (χ4n) is 1.87. The number of likely N-dealkylation sites (N-methyl/N-ethyl adjacent to an activating group) is 1. The van der Waals surface area contributed by atoms with Gasteiger partial charge in [0.2, 0.25) is 10.0 Å². The fraction of sp³-hybridized carbons (Fsp3) is 0.200. The average molecular weight is 369 g/mol. The van der Waals surface area contributed by atoms with Crippen molar-refractivity contribution in [1.29, 1.82) is 0 Å². The Morgan fingerprint density at radius 3 is 2.54 bits per heavy atom. The largest absolute Gasteiger partial charge is 0.360 e. The summed E-state index contributed by atoms with van der Waals surface area (Å²) in [5.41, 5.74) is 3.68. The number of benzene rings is 1. The van der Waals surface area contributed by atoms with E-state index < -0.39 is 15.9 Å². The SMILES string of the molecule is C/C(=N\NC(=O)CN(C)S(=O)(=O)c1ccc(Cl)cc1)c1ccc[nH]1. The molecule has 2 aromatic rings. The van der Waals surface area contributed by atoms with Crippen molar-refractivity contribution in [1.82, 2.24) is 14.7 Å². The van der Waals surface area contributed by atoms with Gasteiger partial charge in [-0.25, -0.2) is 13.8 Å². The van der Waals surface area contributed by atoms with E-state index in [-0.39, 0.29) is 11.4 Å². The fourth-order valence-corrected chi connectivity index (χ4v) is 3.12. The molecule has 0 atom stereocenters. The molecule has 0 radical (unpaired) electrons. The van der Waals surface area contributed by atoms with Crippen LogP contribution in [0.25, 0.3) is 0 Å². The maximum absolute atomic E-state index is 12.4. The van der Waals surface area contributed by atoms with Crippen LogP contribution in [0, 0.1) is 0 Å². The highest BCUT2D eigenvalue weighted by atomic mass is 35.5. The lowest BCUT2D eigenvalue weighted by Gasteiger charge is -2.16. The van der Waals surface area contributed by atoms with E-state index in [0.29, 0.717) is 10.7 Å². The molecule has 0 aliphatic rings. The van der Waals surface area contributed by atoms with Crippen LogP contribution in [-0.4, -0.2) is 42.9 Å². The highest BCUT2D eigenvalue weighted by Crippen LogP contribution is 2.17. The van der Waals surface area contributed by atoms with Crippen molar-refractivity contribution in [2.24, 2.45) is 5.10 Å². The molecular weight excluding hydrogens is 352 g/mol. The van der Waals surface area contributed by atoms with Gasteiger partial charge >= 0.3 is 0 Å². The van der Waals surface area contributed by atoms with Gasteiger partial charge in [-0.1, -0.05) is 11.6 Å². The molecule has 0 unspecified atom stereocenters. The molecule has 9 heteroatoms. The van der Waals surface area contributed by atoms with Crippen LogP contribution < -0.4 is 5.43 Å². The highest BCUT2D eigenvalue weighted by molar-refractivity contribution is 7.89. The number of nitrogens with one attached hydrogen (secondary N) is 2. The quantitative estimate of drug-likeness (QED) is 0.601. The van der Waals surface area contributed by atoms with E-state index in [4.69, 9.17) is 11.6 Å². The second-order valence-corrected chi connectivity index (χ2v) is 7.51. The minimum atomic E-state index is -3.77. The Balaban J connectivity index is 2.00. The molecule has 1 heterocycles. The summed E-state index contributed by atoms with van der Waals surface area (Å²) in [5, 5.41) is 4.37. The van der Waals surface area contributed by atoms with E-state index in [1.165, 1.54) is 31.3 Å². The van der Waals surface area contributed by atoms with Crippen LogP contribution in [-0.2, 0) is 14.8 Å². The Morgan fingerprint density at radius 2 is 1.96 bits per heavy atom. The van der Waals surface area contributed by atoms with E-state index >= 15 is 0 Å². The minimum absolute atomic E-state index is 0.0632. The summed E-state index contributed by atoms with van der Waals surface area (Å²) in [5.74, 6) is -0.541. The molecule has 1 aromatic carbocycles. The van der Waals surface area contributed by atoms with Crippen LogP contribution in [0.15, 0.2) is 52.6 Å². The molecule has 24 heavy (non-hydrogen) atoms. The summed E-state index contributed by atoms with van der Waals surface area (Å²) < 4.78 is 25.7. The first-order valence-electron chi connectivity index (χ1n) is 6.99. The third-order valence-electron chi connectivity index (χ3n) is 3.22. The second-order valence-electron chi connectivity index (χ2n) is 5.03. The Bertz CT molecular complexity index is 830. The molecule has 2 rings (SSSR count). The number of halogens is 1. The van der Waals surface area contributed by atoms with Gasteiger partial charge in [-0.05, 0) is 43.3 Å². The molecule has 0 aliphatic carbocycles. The van der Waals surface area contributed by atoms with Crippen molar-refractivity contribution in [3.8, 4) is 0 Å². The zero-order valence-electron chi connectivity index (χ0n) is 13.2. The van der Waals surface area contributed by atoms with Gasteiger partial charge in [0.05, 0.1) is 22.8 Å². The van der Waals surface area contributed by atoms with Crippen LogP contribution in [0.2, 0.25) is 5.02 Å². The number of hydrogen-bond acceptors (Lipinski definition) is 4. The number of carbonyl (C=O) groups excluding carboxylic acids is 1. The van der Waals surface area contributed by atoms with Crippen molar-refractivity contribution >= 4 is 33.2 Å². The Hall–Kier alpha value is -2.16. The number of hydrazone groups is 1. The number of hydrogen-bond donors (Lipinski definition) is 2. The van der Waals surface area contributed by atoms with E-state index in [1.54, 1.807) is 13.1 Å². The topological polar surface area (TPSA) is 94.6 Å². The summed E-state index contributed by atoms with van der Waals surface area (Å²) in [4.78, 5) is 14.9. The minimum Gasteiger partial charge on any atom is -0.360 e. The van der Waals surface area contributed by atoms with Gasteiger partial charge in [0, 0.05) is 18.3 Å². The van der Waals surface area contributed by atoms with E-state index in [9.17, 15) is 13.2 Å². The molecule has 1 amide bonds. The van der Waals surface area contributed by atoms with E-state index in [0.717, 1.165) is 10.00 Å². The number of aromatic amines is 1. The third kappa shape index (κ3) is 4.44.